The van der Waals surface area contributed by atoms with E-state index in [0.29, 0.717) is 29.0 Å². The fraction of sp³-hybridized carbons (Fsp3) is 0.667. The summed E-state index contributed by atoms with van der Waals surface area (Å²) in [7, 11) is 0. The van der Waals surface area contributed by atoms with Gasteiger partial charge in [0.1, 0.15) is 17.7 Å². The zero-order valence-corrected chi connectivity index (χ0v) is 16.6. The molecule has 4 nitrogen and oxygen atoms in total. The summed E-state index contributed by atoms with van der Waals surface area (Å²) in [6, 6.07) is 4.27. The third-order valence-electron chi connectivity index (χ3n) is 6.07. The standard InChI is InChI=1S/C21H30ClFN2O2/c22-19-14-17(23)5-6-20(19)27-18-8-11-25(12-9-18)10-7-15-3-1-2-4-16(15)13-21(24)26/h5-6,14-16,18H,1-4,7-13H2,(H2,24,26). The van der Waals surface area contributed by atoms with E-state index in [2.05, 4.69) is 4.90 Å². The van der Waals surface area contributed by atoms with E-state index in [-0.39, 0.29) is 17.8 Å². The first kappa shape index (κ1) is 20.4. The number of nitrogens with zero attached hydrogens (tertiary/aromatic N) is 1. The molecule has 1 amide bonds. The summed E-state index contributed by atoms with van der Waals surface area (Å²) in [5.41, 5.74) is 5.43. The first-order chi connectivity index (χ1) is 13.0. The number of halogens is 2. The Kier molecular flexibility index (Phi) is 7.36. The molecule has 1 saturated carbocycles. The molecule has 3 rings (SSSR count). The van der Waals surface area contributed by atoms with Gasteiger partial charge in [0.15, 0.2) is 0 Å². The summed E-state index contributed by atoms with van der Waals surface area (Å²) in [5, 5.41) is 0.329. The molecule has 1 aliphatic carbocycles. The number of piperidine rings is 1. The molecule has 6 heteroatoms. The third kappa shape index (κ3) is 6.08. The van der Waals surface area contributed by atoms with Crippen LogP contribution >= 0.6 is 11.6 Å². The minimum atomic E-state index is -0.348. The Morgan fingerprint density at radius 2 is 1.89 bits per heavy atom. The number of ether oxygens (including phenoxy) is 1. The second-order valence-corrected chi connectivity index (χ2v) is 8.40. The van der Waals surface area contributed by atoms with Crippen LogP contribution in [0.2, 0.25) is 5.02 Å². The SMILES string of the molecule is NC(=O)CC1CCCCC1CCN1CCC(Oc2ccc(F)cc2Cl)CC1. The number of rotatable bonds is 7. The van der Waals surface area contributed by atoms with Gasteiger partial charge < -0.3 is 15.4 Å². The predicted molar refractivity (Wildman–Crippen MR) is 105 cm³/mol. The minimum Gasteiger partial charge on any atom is -0.489 e. The quantitative estimate of drug-likeness (QED) is 0.743. The summed E-state index contributed by atoms with van der Waals surface area (Å²) < 4.78 is 19.1. The Morgan fingerprint density at radius 1 is 1.19 bits per heavy atom. The van der Waals surface area contributed by atoms with E-state index < -0.39 is 0 Å². The van der Waals surface area contributed by atoms with Crippen molar-refractivity contribution in [1.82, 2.24) is 4.90 Å². The molecule has 2 unspecified atom stereocenters. The molecule has 2 fully saturated rings. The number of carbonyl (C=O) groups is 1. The van der Waals surface area contributed by atoms with Gasteiger partial charge in [-0.1, -0.05) is 30.9 Å². The van der Waals surface area contributed by atoms with Crippen LogP contribution in [0.3, 0.4) is 0 Å². The van der Waals surface area contributed by atoms with Crippen LogP contribution in [0.25, 0.3) is 0 Å². The van der Waals surface area contributed by atoms with Crippen molar-refractivity contribution in [2.24, 2.45) is 17.6 Å². The summed E-state index contributed by atoms with van der Waals surface area (Å²) in [6.07, 6.45) is 8.57. The van der Waals surface area contributed by atoms with Gasteiger partial charge in [-0.25, -0.2) is 4.39 Å². The maximum Gasteiger partial charge on any atom is 0.217 e. The Balaban J connectivity index is 1.42. The van der Waals surface area contributed by atoms with Crippen molar-refractivity contribution in [3.8, 4) is 5.75 Å². The first-order valence-corrected chi connectivity index (χ1v) is 10.5. The highest BCUT2D eigenvalue weighted by atomic mass is 35.5. The van der Waals surface area contributed by atoms with Gasteiger partial charge >= 0.3 is 0 Å². The van der Waals surface area contributed by atoms with Gasteiger partial charge in [-0.2, -0.15) is 0 Å². The molecular weight excluding hydrogens is 367 g/mol. The maximum absolute atomic E-state index is 13.1. The smallest absolute Gasteiger partial charge is 0.217 e. The molecule has 1 heterocycles. The van der Waals surface area contributed by atoms with Gasteiger partial charge in [-0.15, -0.1) is 0 Å². The van der Waals surface area contributed by atoms with Crippen molar-refractivity contribution in [2.75, 3.05) is 19.6 Å². The van der Waals surface area contributed by atoms with Gasteiger partial charge in [0, 0.05) is 19.5 Å². The monoisotopic (exact) mass is 396 g/mol. The van der Waals surface area contributed by atoms with Crippen molar-refractivity contribution < 1.29 is 13.9 Å². The van der Waals surface area contributed by atoms with Crippen molar-refractivity contribution in [1.29, 1.82) is 0 Å². The highest BCUT2D eigenvalue weighted by molar-refractivity contribution is 6.32. The summed E-state index contributed by atoms with van der Waals surface area (Å²) in [5.74, 6) is 1.15. The molecule has 1 aliphatic heterocycles. The predicted octanol–water partition coefficient (Wildman–Crippen LogP) is 4.39. The van der Waals surface area contributed by atoms with Crippen LogP contribution < -0.4 is 10.5 Å². The van der Waals surface area contributed by atoms with Crippen molar-refractivity contribution in [3.63, 3.8) is 0 Å². The number of amides is 1. The molecule has 1 aromatic carbocycles. The van der Waals surface area contributed by atoms with E-state index in [9.17, 15) is 9.18 Å². The number of likely N-dealkylation sites (tertiary alicyclic amines) is 1. The summed E-state index contributed by atoms with van der Waals surface area (Å²) in [6.45, 7) is 3.07. The Morgan fingerprint density at radius 3 is 2.56 bits per heavy atom. The molecule has 1 aromatic rings. The lowest BCUT2D eigenvalue weighted by Gasteiger charge is -2.35. The molecule has 1 saturated heterocycles. The lowest BCUT2D eigenvalue weighted by molar-refractivity contribution is -0.119. The van der Waals surface area contributed by atoms with Gasteiger partial charge in [-0.3, -0.25) is 4.79 Å². The molecule has 2 aliphatic rings. The average molecular weight is 397 g/mol. The molecule has 2 N–H and O–H groups in total. The number of nitrogens with two attached hydrogens (primary N) is 1. The largest absolute Gasteiger partial charge is 0.489 e. The van der Waals surface area contributed by atoms with Gasteiger partial charge in [0.05, 0.1) is 5.02 Å². The molecule has 0 spiro atoms. The molecule has 2 atom stereocenters. The fourth-order valence-electron chi connectivity index (χ4n) is 4.54. The van der Waals surface area contributed by atoms with Gasteiger partial charge in [0.2, 0.25) is 5.91 Å². The van der Waals surface area contributed by atoms with Crippen molar-refractivity contribution in [3.05, 3.63) is 29.0 Å². The lowest BCUT2D eigenvalue weighted by atomic mass is 9.75. The highest BCUT2D eigenvalue weighted by Crippen LogP contribution is 2.35. The molecule has 150 valence electrons. The second kappa shape index (κ2) is 9.74. The highest BCUT2D eigenvalue weighted by Gasteiger charge is 2.28. The van der Waals surface area contributed by atoms with Crippen LogP contribution in [0, 0.1) is 17.7 Å². The first-order valence-electron chi connectivity index (χ1n) is 10.1. The van der Waals surface area contributed by atoms with Crippen molar-refractivity contribution >= 4 is 17.5 Å². The lowest BCUT2D eigenvalue weighted by Crippen LogP contribution is -2.39. The number of benzene rings is 1. The number of primary amides is 1. The van der Waals surface area contributed by atoms with Gasteiger partial charge in [0.25, 0.3) is 0 Å². The Labute approximate surface area is 166 Å². The van der Waals surface area contributed by atoms with Crippen molar-refractivity contribution in [2.45, 2.75) is 57.5 Å². The summed E-state index contributed by atoms with van der Waals surface area (Å²) in [4.78, 5) is 13.8. The van der Waals surface area contributed by atoms with Crippen LogP contribution in [0.4, 0.5) is 4.39 Å². The average Bonchev–Trinajstić information content (AvgIpc) is 2.64. The van der Waals surface area contributed by atoms with E-state index in [1.807, 2.05) is 0 Å². The number of hydrogen-bond acceptors (Lipinski definition) is 3. The third-order valence-corrected chi connectivity index (χ3v) is 6.36. The van der Waals surface area contributed by atoms with E-state index in [1.165, 1.54) is 31.4 Å². The van der Waals surface area contributed by atoms with E-state index >= 15 is 0 Å². The van der Waals surface area contributed by atoms with Crippen LogP contribution in [0.1, 0.15) is 51.4 Å². The number of hydrogen-bond donors (Lipinski definition) is 1. The van der Waals surface area contributed by atoms with E-state index in [1.54, 1.807) is 6.07 Å². The minimum absolute atomic E-state index is 0.126. The molecule has 0 aromatic heterocycles. The molecule has 27 heavy (non-hydrogen) atoms. The van der Waals surface area contributed by atoms with E-state index in [4.69, 9.17) is 22.1 Å². The normalized spacial score (nSPS) is 24.7. The topological polar surface area (TPSA) is 55.6 Å². The fourth-order valence-corrected chi connectivity index (χ4v) is 4.75. The maximum atomic E-state index is 13.1. The van der Waals surface area contributed by atoms with Crippen LogP contribution in [0.15, 0.2) is 18.2 Å². The van der Waals surface area contributed by atoms with E-state index in [0.717, 1.165) is 45.3 Å². The van der Waals surface area contributed by atoms with Crippen LogP contribution in [-0.4, -0.2) is 36.5 Å². The molecule has 0 radical (unpaired) electrons. The van der Waals surface area contributed by atoms with Gasteiger partial charge in [-0.05, 0) is 62.3 Å². The molecule has 0 bridgehead atoms. The van der Waals surface area contributed by atoms with Crippen LogP contribution in [0.5, 0.6) is 5.75 Å². The zero-order chi connectivity index (χ0) is 19.2. The summed E-state index contributed by atoms with van der Waals surface area (Å²) >= 11 is 6.05. The second-order valence-electron chi connectivity index (χ2n) is 8.00. The van der Waals surface area contributed by atoms with Crippen LogP contribution in [-0.2, 0) is 4.79 Å². The Bertz CT molecular complexity index is 635. The number of carbonyl (C=O) groups excluding carboxylic acids is 1. The zero-order valence-electron chi connectivity index (χ0n) is 15.8. The molecular formula is C21H30ClFN2O2. The Hall–Kier alpha value is -1.33.